The van der Waals surface area contributed by atoms with Crippen molar-refractivity contribution < 1.29 is 9.84 Å². The topological polar surface area (TPSA) is 78.7 Å². The summed E-state index contributed by atoms with van der Waals surface area (Å²) in [5.41, 5.74) is 0. The van der Waals surface area contributed by atoms with Crippen LogP contribution < -0.4 is 5.32 Å². The van der Waals surface area contributed by atoms with E-state index in [4.69, 9.17) is 9.84 Å². The van der Waals surface area contributed by atoms with Gasteiger partial charge in [0, 0.05) is 45.0 Å². The molecule has 1 saturated heterocycles. The van der Waals surface area contributed by atoms with Crippen molar-refractivity contribution in [2.75, 3.05) is 72.4 Å². The molecule has 1 aromatic heterocycles. The number of morpholine rings is 1. The third-order valence-corrected chi connectivity index (χ3v) is 5.56. The lowest BCUT2D eigenvalue weighted by Crippen LogP contribution is -2.38. The number of hydrogen-bond donors (Lipinski definition) is 2. The zero-order valence-corrected chi connectivity index (χ0v) is 17.2. The number of hydrogen-bond acceptors (Lipinski definition) is 8. The second-order valence-electron chi connectivity index (χ2n) is 6.66. The van der Waals surface area contributed by atoms with Crippen LogP contribution in [0.3, 0.4) is 0 Å². The van der Waals surface area contributed by atoms with E-state index in [1.807, 2.05) is 0 Å². The predicted octanol–water partition coefficient (Wildman–Crippen LogP) is 0.297. The fourth-order valence-electron chi connectivity index (χ4n) is 3.13. The number of nitrogens with one attached hydrogen (secondary N) is 1. The summed E-state index contributed by atoms with van der Waals surface area (Å²) >= 11 is 1.73. The highest BCUT2D eigenvalue weighted by Gasteiger charge is 2.22. The van der Waals surface area contributed by atoms with Gasteiger partial charge in [0.2, 0.25) is 0 Å². The van der Waals surface area contributed by atoms with Gasteiger partial charge in [0.1, 0.15) is 0 Å². The molecule has 2 heterocycles. The Balaban J connectivity index is 2.03. The highest BCUT2D eigenvalue weighted by molar-refractivity contribution is 7.99. The van der Waals surface area contributed by atoms with Crippen LogP contribution in [0.5, 0.6) is 0 Å². The van der Waals surface area contributed by atoms with E-state index in [0.29, 0.717) is 6.54 Å². The molecule has 0 bridgehead atoms. The van der Waals surface area contributed by atoms with Crippen molar-refractivity contribution in [1.82, 2.24) is 29.9 Å². The first-order valence-electron chi connectivity index (χ1n) is 9.51. The standard InChI is InChI=1S/C17H34N6O2S/c1-4-15(21(2)3)16-19-20-17(26-14-6-18-5-11-24)23(16)8-7-22-9-12-25-13-10-22/h15,18,24H,4-14H2,1-3H3/t15-/m0/s1. The van der Waals surface area contributed by atoms with Crippen LogP contribution in [0.1, 0.15) is 25.2 Å². The maximum Gasteiger partial charge on any atom is 0.191 e. The van der Waals surface area contributed by atoms with Gasteiger partial charge in [-0.2, -0.15) is 0 Å². The van der Waals surface area contributed by atoms with Gasteiger partial charge in [0.05, 0.1) is 25.9 Å². The Morgan fingerprint density at radius 2 is 2.00 bits per heavy atom. The number of aromatic nitrogens is 3. The number of rotatable bonds is 12. The van der Waals surface area contributed by atoms with E-state index in [9.17, 15) is 0 Å². The fourth-order valence-corrected chi connectivity index (χ4v) is 4.00. The first kappa shape index (κ1) is 21.6. The van der Waals surface area contributed by atoms with Gasteiger partial charge in [-0.15, -0.1) is 10.2 Å². The van der Waals surface area contributed by atoms with Crippen LogP contribution in [0, 0.1) is 0 Å². The van der Waals surface area contributed by atoms with E-state index in [0.717, 1.165) is 69.1 Å². The summed E-state index contributed by atoms with van der Waals surface area (Å²) in [6.07, 6.45) is 1.01. The predicted molar refractivity (Wildman–Crippen MR) is 105 cm³/mol. The van der Waals surface area contributed by atoms with E-state index < -0.39 is 0 Å². The summed E-state index contributed by atoms with van der Waals surface area (Å²) in [5, 5.41) is 22.1. The van der Waals surface area contributed by atoms with Crippen LogP contribution in [-0.4, -0.2) is 102 Å². The van der Waals surface area contributed by atoms with Crippen molar-refractivity contribution in [3.63, 3.8) is 0 Å². The molecule has 26 heavy (non-hydrogen) atoms. The van der Waals surface area contributed by atoms with E-state index >= 15 is 0 Å². The van der Waals surface area contributed by atoms with Gasteiger partial charge >= 0.3 is 0 Å². The molecule has 1 aliphatic rings. The van der Waals surface area contributed by atoms with E-state index in [1.54, 1.807) is 11.8 Å². The molecule has 0 aromatic carbocycles. The molecule has 1 aliphatic heterocycles. The first-order chi connectivity index (χ1) is 12.7. The van der Waals surface area contributed by atoms with E-state index in [2.05, 4.69) is 50.9 Å². The summed E-state index contributed by atoms with van der Waals surface area (Å²) in [6.45, 7) is 9.38. The Labute approximate surface area is 161 Å². The quantitative estimate of drug-likeness (QED) is 0.392. The zero-order chi connectivity index (χ0) is 18.8. The van der Waals surface area contributed by atoms with Crippen molar-refractivity contribution in [3.05, 3.63) is 5.82 Å². The highest BCUT2D eigenvalue weighted by Crippen LogP contribution is 2.25. The smallest absolute Gasteiger partial charge is 0.191 e. The van der Waals surface area contributed by atoms with Crippen molar-refractivity contribution in [1.29, 1.82) is 0 Å². The lowest BCUT2D eigenvalue weighted by atomic mass is 10.2. The van der Waals surface area contributed by atoms with Crippen LogP contribution in [0.4, 0.5) is 0 Å². The normalized spacial score (nSPS) is 17.1. The second kappa shape index (κ2) is 11.9. The van der Waals surface area contributed by atoms with Crippen molar-refractivity contribution >= 4 is 11.8 Å². The van der Waals surface area contributed by atoms with Gasteiger partial charge in [0.25, 0.3) is 0 Å². The molecule has 2 rings (SSSR count). The van der Waals surface area contributed by atoms with Crippen LogP contribution in [-0.2, 0) is 11.3 Å². The van der Waals surface area contributed by atoms with Gasteiger partial charge in [-0.1, -0.05) is 18.7 Å². The molecule has 0 saturated carbocycles. The molecule has 8 nitrogen and oxygen atoms in total. The number of thioether (sulfide) groups is 1. The van der Waals surface area contributed by atoms with Crippen LogP contribution in [0.2, 0.25) is 0 Å². The summed E-state index contributed by atoms with van der Waals surface area (Å²) in [7, 11) is 4.20. The van der Waals surface area contributed by atoms with Crippen LogP contribution in [0.25, 0.3) is 0 Å². The Hall–Kier alpha value is -0.710. The van der Waals surface area contributed by atoms with Crippen molar-refractivity contribution in [3.8, 4) is 0 Å². The third-order valence-electron chi connectivity index (χ3n) is 4.60. The molecule has 2 N–H and O–H groups in total. The molecule has 1 fully saturated rings. The average molecular weight is 387 g/mol. The van der Waals surface area contributed by atoms with Gasteiger partial charge < -0.3 is 19.7 Å². The summed E-state index contributed by atoms with van der Waals surface area (Å²) in [6, 6.07) is 0.272. The van der Waals surface area contributed by atoms with Gasteiger partial charge in [-0.25, -0.2) is 0 Å². The lowest BCUT2D eigenvalue weighted by Gasteiger charge is -2.28. The minimum Gasteiger partial charge on any atom is -0.395 e. The molecular formula is C17H34N6O2S. The Kier molecular flexibility index (Phi) is 9.87. The van der Waals surface area contributed by atoms with Gasteiger partial charge in [0.15, 0.2) is 11.0 Å². The van der Waals surface area contributed by atoms with Crippen molar-refractivity contribution in [2.24, 2.45) is 0 Å². The third kappa shape index (κ3) is 6.47. The number of aliphatic hydroxyl groups excluding tert-OH is 1. The molecule has 1 aromatic rings. The summed E-state index contributed by atoms with van der Waals surface area (Å²) < 4.78 is 7.74. The highest BCUT2D eigenvalue weighted by atomic mass is 32.2. The molecule has 150 valence electrons. The average Bonchev–Trinajstić information content (AvgIpc) is 3.03. The SMILES string of the molecule is CC[C@@H](c1nnc(SCCNCCO)n1CCN1CCOCC1)N(C)C. The molecule has 0 aliphatic carbocycles. The maximum atomic E-state index is 8.85. The Morgan fingerprint density at radius 3 is 2.65 bits per heavy atom. The minimum absolute atomic E-state index is 0.172. The van der Waals surface area contributed by atoms with E-state index in [1.165, 1.54) is 0 Å². The summed E-state index contributed by atoms with van der Waals surface area (Å²) in [4.78, 5) is 4.66. The second-order valence-corrected chi connectivity index (χ2v) is 7.72. The minimum atomic E-state index is 0.172. The Morgan fingerprint density at radius 1 is 1.23 bits per heavy atom. The lowest BCUT2D eigenvalue weighted by molar-refractivity contribution is 0.0358. The summed E-state index contributed by atoms with van der Waals surface area (Å²) in [5.74, 6) is 1.96. The molecular weight excluding hydrogens is 352 g/mol. The largest absolute Gasteiger partial charge is 0.395 e. The van der Waals surface area contributed by atoms with Crippen LogP contribution >= 0.6 is 11.8 Å². The molecule has 9 heteroatoms. The molecule has 0 amide bonds. The number of aliphatic hydroxyl groups is 1. The first-order valence-corrected chi connectivity index (χ1v) is 10.5. The molecule has 0 radical (unpaired) electrons. The molecule has 0 unspecified atom stereocenters. The molecule has 0 spiro atoms. The fraction of sp³-hybridized carbons (Fsp3) is 0.882. The number of ether oxygens (including phenoxy) is 1. The van der Waals surface area contributed by atoms with Gasteiger partial charge in [-0.3, -0.25) is 9.80 Å². The van der Waals surface area contributed by atoms with Crippen molar-refractivity contribution in [2.45, 2.75) is 31.1 Å². The monoisotopic (exact) mass is 386 g/mol. The maximum absolute atomic E-state index is 8.85. The Bertz CT molecular complexity index is 507. The number of nitrogens with zero attached hydrogens (tertiary/aromatic N) is 5. The van der Waals surface area contributed by atoms with Crippen LogP contribution in [0.15, 0.2) is 5.16 Å². The van der Waals surface area contributed by atoms with E-state index in [-0.39, 0.29) is 12.6 Å². The van der Waals surface area contributed by atoms with Gasteiger partial charge in [-0.05, 0) is 20.5 Å². The molecule has 1 atom stereocenters. The zero-order valence-electron chi connectivity index (χ0n) is 16.4.